The number of aliphatic hydroxyl groups is 1. The van der Waals surface area contributed by atoms with E-state index >= 15 is 0 Å². The molecule has 0 aliphatic carbocycles. The number of hydrogen-bond donors (Lipinski definition) is 1. The molecule has 1 aliphatic heterocycles. The molecule has 0 amide bonds. The highest BCUT2D eigenvalue weighted by molar-refractivity contribution is 9.09. The van der Waals surface area contributed by atoms with Crippen LogP contribution in [0.4, 0.5) is 0 Å². The number of hydrogen-bond acceptors (Lipinski definition) is 2. The van der Waals surface area contributed by atoms with Gasteiger partial charge in [0.1, 0.15) is 0 Å². The Kier molecular flexibility index (Phi) is 4.41. The van der Waals surface area contributed by atoms with Crippen LogP contribution in [-0.4, -0.2) is 29.3 Å². The Bertz CT molecular complexity index is 102. The summed E-state index contributed by atoms with van der Waals surface area (Å²) in [4.78, 5) is 0.442. The van der Waals surface area contributed by atoms with Gasteiger partial charge in [0.05, 0.1) is 6.10 Å². The maximum Gasteiger partial charge on any atom is 0.0700 e. The molecule has 1 N–H and O–H groups in total. The predicted molar refractivity (Wildman–Crippen MR) is 48.0 cm³/mol. The summed E-state index contributed by atoms with van der Waals surface area (Å²) in [6, 6.07) is 0. The average Bonchev–Trinajstić information content (AvgIpc) is 2.52. The number of ether oxygens (including phenoxy) is 1. The minimum atomic E-state index is 0.287. The summed E-state index contributed by atoms with van der Waals surface area (Å²) < 4.78 is 5.48. The van der Waals surface area contributed by atoms with Crippen molar-refractivity contribution in [3.8, 4) is 0 Å². The van der Waals surface area contributed by atoms with Gasteiger partial charge < -0.3 is 9.84 Å². The second kappa shape index (κ2) is 5.12. The molecule has 0 aromatic rings. The minimum absolute atomic E-state index is 0.287. The lowest BCUT2D eigenvalue weighted by Crippen LogP contribution is -2.19. The minimum Gasteiger partial charge on any atom is -0.396 e. The SMILES string of the molecule is OCCC[C@@H](Br)[C@H]1CCCO1. The molecule has 3 heteroatoms. The lowest BCUT2D eigenvalue weighted by atomic mass is 10.1. The zero-order valence-corrected chi connectivity index (χ0v) is 8.22. The van der Waals surface area contributed by atoms with Crippen LogP contribution in [0.15, 0.2) is 0 Å². The normalized spacial score (nSPS) is 27.3. The van der Waals surface area contributed by atoms with Gasteiger partial charge in [0.25, 0.3) is 0 Å². The first-order chi connectivity index (χ1) is 5.34. The Labute approximate surface area is 76.1 Å². The van der Waals surface area contributed by atoms with E-state index in [1.807, 2.05) is 0 Å². The van der Waals surface area contributed by atoms with Crippen LogP contribution < -0.4 is 0 Å². The van der Waals surface area contributed by atoms with Crippen molar-refractivity contribution in [3.63, 3.8) is 0 Å². The molecule has 1 heterocycles. The number of aliphatic hydroxyl groups excluding tert-OH is 1. The summed E-state index contributed by atoms with van der Waals surface area (Å²) in [6.45, 7) is 1.20. The summed E-state index contributed by atoms with van der Waals surface area (Å²) in [7, 11) is 0. The number of halogens is 1. The molecular formula is C8H15BrO2. The first-order valence-corrected chi connectivity index (χ1v) is 5.12. The van der Waals surface area contributed by atoms with Crippen molar-refractivity contribution in [1.82, 2.24) is 0 Å². The smallest absolute Gasteiger partial charge is 0.0700 e. The van der Waals surface area contributed by atoms with Gasteiger partial charge in [-0.15, -0.1) is 0 Å². The molecule has 1 rings (SSSR count). The van der Waals surface area contributed by atoms with Gasteiger partial charge in [0, 0.05) is 18.0 Å². The topological polar surface area (TPSA) is 29.5 Å². The zero-order valence-electron chi connectivity index (χ0n) is 6.63. The Morgan fingerprint density at radius 1 is 1.64 bits per heavy atom. The summed E-state index contributed by atoms with van der Waals surface area (Å²) in [6.07, 6.45) is 4.63. The second-order valence-corrected chi connectivity index (χ2v) is 4.11. The monoisotopic (exact) mass is 222 g/mol. The van der Waals surface area contributed by atoms with Crippen LogP contribution in [0, 0.1) is 0 Å². The van der Waals surface area contributed by atoms with Gasteiger partial charge in [-0.3, -0.25) is 0 Å². The molecule has 0 aromatic carbocycles. The highest BCUT2D eigenvalue weighted by Gasteiger charge is 2.22. The highest BCUT2D eigenvalue weighted by atomic mass is 79.9. The van der Waals surface area contributed by atoms with Crippen molar-refractivity contribution in [2.75, 3.05) is 13.2 Å². The maximum atomic E-state index is 8.60. The molecular weight excluding hydrogens is 208 g/mol. The molecule has 0 bridgehead atoms. The maximum absolute atomic E-state index is 8.60. The Morgan fingerprint density at radius 2 is 2.45 bits per heavy atom. The van der Waals surface area contributed by atoms with Gasteiger partial charge in [0.15, 0.2) is 0 Å². The van der Waals surface area contributed by atoms with Crippen molar-refractivity contribution in [3.05, 3.63) is 0 Å². The summed E-state index contributed by atoms with van der Waals surface area (Å²) in [5, 5.41) is 8.60. The van der Waals surface area contributed by atoms with Gasteiger partial charge in [-0.1, -0.05) is 15.9 Å². The van der Waals surface area contributed by atoms with Crippen LogP contribution in [-0.2, 0) is 4.74 Å². The molecule has 0 radical (unpaired) electrons. The molecule has 0 aromatic heterocycles. The van der Waals surface area contributed by atoms with Crippen LogP contribution in [0.5, 0.6) is 0 Å². The Hall–Kier alpha value is 0.400. The highest BCUT2D eigenvalue weighted by Crippen LogP contribution is 2.23. The van der Waals surface area contributed by atoms with Crippen LogP contribution in [0.25, 0.3) is 0 Å². The molecule has 0 spiro atoms. The number of rotatable bonds is 4. The summed E-state index contributed by atoms with van der Waals surface area (Å²) in [5.41, 5.74) is 0. The van der Waals surface area contributed by atoms with Crippen LogP contribution in [0.3, 0.4) is 0 Å². The lowest BCUT2D eigenvalue weighted by Gasteiger charge is -2.15. The van der Waals surface area contributed by atoms with E-state index in [0.717, 1.165) is 19.4 Å². The Balaban J connectivity index is 2.12. The standard InChI is InChI=1S/C8H15BrO2/c9-7(3-1-5-10)8-4-2-6-11-8/h7-8,10H,1-6H2/t7-,8-/m1/s1. The van der Waals surface area contributed by atoms with Crippen molar-refractivity contribution in [2.45, 2.75) is 36.6 Å². The van der Waals surface area contributed by atoms with Crippen molar-refractivity contribution < 1.29 is 9.84 Å². The van der Waals surface area contributed by atoms with Gasteiger partial charge in [-0.25, -0.2) is 0 Å². The summed E-state index contributed by atoms with van der Waals surface area (Å²) in [5.74, 6) is 0. The van der Waals surface area contributed by atoms with E-state index in [0.29, 0.717) is 10.9 Å². The van der Waals surface area contributed by atoms with E-state index in [-0.39, 0.29) is 6.61 Å². The first-order valence-electron chi connectivity index (χ1n) is 4.21. The quantitative estimate of drug-likeness (QED) is 0.735. The van der Waals surface area contributed by atoms with Crippen LogP contribution >= 0.6 is 15.9 Å². The van der Waals surface area contributed by atoms with E-state index in [4.69, 9.17) is 9.84 Å². The van der Waals surface area contributed by atoms with E-state index in [2.05, 4.69) is 15.9 Å². The van der Waals surface area contributed by atoms with E-state index in [1.165, 1.54) is 12.8 Å². The fourth-order valence-electron chi connectivity index (χ4n) is 1.36. The third-order valence-electron chi connectivity index (χ3n) is 2.01. The van der Waals surface area contributed by atoms with Gasteiger partial charge >= 0.3 is 0 Å². The van der Waals surface area contributed by atoms with Gasteiger partial charge in [-0.2, -0.15) is 0 Å². The molecule has 2 nitrogen and oxygen atoms in total. The molecule has 2 atom stereocenters. The number of alkyl halides is 1. The fourth-order valence-corrected chi connectivity index (χ4v) is 2.10. The fraction of sp³-hybridized carbons (Fsp3) is 1.00. The lowest BCUT2D eigenvalue weighted by molar-refractivity contribution is 0.106. The van der Waals surface area contributed by atoms with Crippen molar-refractivity contribution in [2.24, 2.45) is 0 Å². The van der Waals surface area contributed by atoms with Crippen molar-refractivity contribution in [1.29, 1.82) is 0 Å². The van der Waals surface area contributed by atoms with E-state index in [9.17, 15) is 0 Å². The summed E-state index contributed by atoms with van der Waals surface area (Å²) >= 11 is 3.57. The van der Waals surface area contributed by atoms with Gasteiger partial charge in [-0.05, 0) is 25.7 Å². The van der Waals surface area contributed by atoms with Gasteiger partial charge in [0.2, 0.25) is 0 Å². The molecule has 1 saturated heterocycles. The molecule has 11 heavy (non-hydrogen) atoms. The average molecular weight is 223 g/mol. The second-order valence-electron chi connectivity index (χ2n) is 2.93. The largest absolute Gasteiger partial charge is 0.396 e. The molecule has 66 valence electrons. The first kappa shape index (κ1) is 9.49. The van der Waals surface area contributed by atoms with Crippen LogP contribution in [0.2, 0.25) is 0 Å². The molecule has 1 aliphatic rings. The third kappa shape index (κ3) is 3.09. The Morgan fingerprint density at radius 3 is 3.00 bits per heavy atom. The third-order valence-corrected chi connectivity index (χ3v) is 3.05. The molecule has 0 saturated carbocycles. The van der Waals surface area contributed by atoms with Crippen molar-refractivity contribution >= 4 is 15.9 Å². The molecule has 1 fully saturated rings. The van der Waals surface area contributed by atoms with E-state index in [1.54, 1.807) is 0 Å². The van der Waals surface area contributed by atoms with Crippen LogP contribution in [0.1, 0.15) is 25.7 Å². The zero-order chi connectivity index (χ0) is 8.10. The predicted octanol–water partition coefficient (Wildman–Crippen LogP) is 1.70. The van der Waals surface area contributed by atoms with E-state index < -0.39 is 0 Å². The molecule has 0 unspecified atom stereocenters.